The highest BCUT2D eigenvalue weighted by Gasteiger charge is 2.15. The Balaban J connectivity index is 2.76. The Kier molecular flexibility index (Phi) is 3.31. The first-order valence-corrected chi connectivity index (χ1v) is 4.76. The first-order chi connectivity index (χ1) is 6.15. The van der Waals surface area contributed by atoms with Crippen molar-refractivity contribution >= 4 is 23.5 Å². The van der Waals surface area contributed by atoms with E-state index in [1.165, 1.54) is 25.8 Å². The van der Waals surface area contributed by atoms with E-state index in [1.807, 2.05) is 0 Å². The topological polar surface area (TPSA) is 43.4 Å². The van der Waals surface area contributed by atoms with Crippen LogP contribution in [0, 0.1) is 0 Å². The number of ketones is 1. The minimum absolute atomic E-state index is 0.0326. The lowest BCUT2D eigenvalue weighted by Crippen LogP contribution is -2.10. The van der Waals surface area contributed by atoms with E-state index in [4.69, 9.17) is 0 Å². The molecular formula is C9H10O3S. The maximum absolute atomic E-state index is 11.0. The van der Waals surface area contributed by atoms with Gasteiger partial charge in [-0.2, -0.15) is 0 Å². The summed E-state index contributed by atoms with van der Waals surface area (Å²) in [6, 6.07) is 0. The van der Waals surface area contributed by atoms with Gasteiger partial charge >= 0.3 is 5.97 Å². The van der Waals surface area contributed by atoms with Gasteiger partial charge in [-0.3, -0.25) is 4.79 Å². The van der Waals surface area contributed by atoms with Gasteiger partial charge in [-0.25, -0.2) is 4.79 Å². The van der Waals surface area contributed by atoms with Crippen LogP contribution in [0.3, 0.4) is 0 Å². The maximum Gasteiger partial charge on any atom is 0.334 e. The number of methoxy groups -OCH3 is 1. The summed E-state index contributed by atoms with van der Waals surface area (Å²) >= 11 is 1.37. The summed E-state index contributed by atoms with van der Waals surface area (Å²) in [6.45, 7) is 1.51. The number of rotatable bonds is 2. The number of hydrogen-bond acceptors (Lipinski definition) is 4. The number of allylic oxidation sites excluding steroid dienone is 3. The highest BCUT2D eigenvalue weighted by atomic mass is 32.2. The van der Waals surface area contributed by atoms with E-state index in [2.05, 4.69) is 4.74 Å². The Hall–Kier alpha value is -1.03. The smallest absolute Gasteiger partial charge is 0.334 e. The number of ether oxygens (including phenoxy) is 1. The molecule has 0 saturated carbocycles. The van der Waals surface area contributed by atoms with Crippen LogP contribution in [0.2, 0.25) is 0 Å². The Morgan fingerprint density at radius 1 is 1.46 bits per heavy atom. The molecule has 1 rings (SSSR count). The Morgan fingerprint density at radius 3 is 2.54 bits per heavy atom. The molecule has 1 aliphatic heterocycles. The highest BCUT2D eigenvalue weighted by Crippen LogP contribution is 2.24. The lowest BCUT2D eigenvalue weighted by molar-refractivity contribution is -0.136. The van der Waals surface area contributed by atoms with Crippen LogP contribution in [0.5, 0.6) is 0 Å². The van der Waals surface area contributed by atoms with Crippen LogP contribution in [-0.4, -0.2) is 24.6 Å². The van der Waals surface area contributed by atoms with Gasteiger partial charge in [-0.15, -0.1) is 11.8 Å². The average molecular weight is 198 g/mol. The molecule has 13 heavy (non-hydrogen) atoms. The van der Waals surface area contributed by atoms with E-state index >= 15 is 0 Å². The van der Waals surface area contributed by atoms with Crippen molar-refractivity contribution in [3.63, 3.8) is 0 Å². The van der Waals surface area contributed by atoms with Crippen LogP contribution in [0.4, 0.5) is 0 Å². The first kappa shape index (κ1) is 10.1. The molecule has 1 heterocycles. The summed E-state index contributed by atoms with van der Waals surface area (Å²) in [5, 5.41) is 0. The van der Waals surface area contributed by atoms with Crippen LogP contribution in [-0.2, 0) is 14.3 Å². The van der Waals surface area contributed by atoms with Crippen molar-refractivity contribution in [2.75, 3.05) is 12.9 Å². The van der Waals surface area contributed by atoms with Gasteiger partial charge in [0.15, 0.2) is 5.78 Å². The predicted molar refractivity (Wildman–Crippen MR) is 51.3 cm³/mol. The molecule has 0 radical (unpaired) electrons. The second-order valence-electron chi connectivity index (χ2n) is 2.56. The molecule has 0 atom stereocenters. The van der Waals surface area contributed by atoms with Gasteiger partial charge < -0.3 is 4.74 Å². The SMILES string of the molecule is COC(=O)C1=CC=C(C(C)=O)SC1. The van der Waals surface area contributed by atoms with Crippen molar-refractivity contribution in [3.05, 3.63) is 22.6 Å². The van der Waals surface area contributed by atoms with E-state index in [0.29, 0.717) is 16.2 Å². The van der Waals surface area contributed by atoms with Crippen LogP contribution in [0.25, 0.3) is 0 Å². The van der Waals surface area contributed by atoms with Gasteiger partial charge in [0.05, 0.1) is 12.0 Å². The Morgan fingerprint density at radius 2 is 2.15 bits per heavy atom. The summed E-state index contributed by atoms with van der Waals surface area (Å²) in [5.74, 6) is 0.217. The van der Waals surface area contributed by atoms with Crippen LogP contribution >= 0.6 is 11.8 Å². The van der Waals surface area contributed by atoms with Gasteiger partial charge in [0.1, 0.15) is 0 Å². The molecule has 0 unspecified atom stereocenters. The normalized spacial score (nSPS) is 15.8. The van der Waals surface area contributed by atoms with Crippen LogP contribution < -0.4 is 0 Å². The summed E-state index contributed by atoms with van der Waals surface area (Å²) in [4.78, 5) is 22.6. The zero-order valence-electron chi connectivity index (χ0n) is 7.49. The fourth-order valence-corrected chi connectivity index (χ4v) is 1.80. The van der Waals surface area contributed by atoms with E-state index in [-0.39, 0.29) is 11.8 Å². The van der Waals surface area contributed by atoms with Crippen molar-refractivity contribution in [2.45, 2.75) is 6.92 Å². The van der Waals surface area contributed by atoms with Crippen molar-refractivity contribution in [1.29, 1.82) is 0 Å². The molecule has 0 bridgehead atoms. The van der Waals surface area contributed by atoms with E-state index in [1.54, 1.807) is 12.2 Å². The molecule has 0 saturated heterocycles. The lowest BCUT2D eigenvalue weighted by atomic mass is 10.2. The maximum atomic E-state index is 11.0. The molecule has 0 aromatic rings. The molecule has 0 spiro atoms. The fraction of sp³-hybridized carbons (Fsp3) is 0.333. The van der Waals surface area contributed by atoms with Gasteiger partial charge in [-0.05, 0) is 19.1 Å². The van der Waals surface area contributed by atoms with Crippen LogP contribution in [0.15, 0.2) is 22.6 Å². The molecule has 1 aliphatic rings. The van der Waals surface area contributed by atoms with Gasteiger partial charge in [0.25, 0.3) is 0 Å². The average Bonchev–Trinajstić information content (AvgIpc) is 2.17. The minimum atomic E-state index is -0.327. The number of Topliss-reactive ketones (excluding diaryl/α,β-unsaturated/α-hetero) is 1. The molecule has 3 nitrogen and oxygen atoms in total. The van der Waals surface area contributed by atoms with E-state index in [0.717, 1.165) is 0 Å². The third-order valence-electron chi connectivity index (χ3n) is 1.61. The Bertz CT molecular complexity index is 302. The van der Waals surface area contributed by atoms with Crippen molar-refractivity contribution < 1.29 is 14.3 Å². The van der Waals surface area contributed by atoms with Gasteiger partial charge in [0, 0.05) is 11.3 Å². The number of esters is 1. The van der Waals surface area contributed by atoms with Crippen molar-refractivity contribution in [3.8, 4) is 0 Å². The second kappa shape index (κ2) is 4.28. The molecule has 0 fully saturated rings. The predicted octanol–water partition coefficient (Wildman–Crippen LogP) is 1.31. The number of hydrogen-bond donors (Lipinski definition) is 0. The fourth-order valence-electron chi connectivity index (χ4n) is 0.905. The highest BCUT2D eigenvalue weighted by molar-refractivity contribution is 8.04. The summed E-state index contributed by atoms with van der Waals surface area (Å²) in [5.41, 5.74) is 0.595. The number of carbonyl (C=O) groups excluding carboxylic acids is 2. The third kappa shape index (κ3) is 2.45. The molecule has 0 N–H and O–H groups in total. The second-order valence-corrected chi connectivity index (χ2v) is 3.58. The zero-order chi connectivity index (χ0) is 9.84. The monoisotopic (exact) mass is 198 g/mol. The molecule has 70 valence electrons. The molecule has 4 heteroatoms. The van der Waals surface area contributed by atoms with Crippen molar-refractivity contribution in [1.82, 2.24) is 0 Å². The van der Waals surface area contributed by atoms with Crippen molar-refractivity contribution in [2.24, 2.45) is 0 Å². The first-order valence-electron chi connectivity index (χ1n) is 3.78. The summed E-state index contributed by atoms with van der Waals surface area (Å²) in [7, 11) is 1.35. The lowest BCUT2D eigenvalue weighted by Gasteiger charge is -2.09. The van der Waals surface area contributed by atoms with Crippen LogP contribution in [0.1, 0.15) is 6.92 Å². The quantitative estimate of drug-likeness (QED) is 0.627. The van der Waals surface area contributed by atoms with E-state index in [9.17, 15) is 9.59 Å². The van der Waals surface area contributed by atoms with Gasteiger partial charge in [-0.1, -0.05) is 0 Å². The molecule has 0 aliphatic carbocycles. The molecule has 0 aromatic heterocycles. The van der Waals surface area contributed by atoms with Gasteiger partial charge in [0.2, 0.25) is 0 Å². The molecular weight excluding hydrogens is 188 g/mol. The summed E-state index contributed by atoms with van der Waals surface area (Å²) in [6.07, 6.45) is 3.29. The van der Waals surface area contributed by atoms with E-state index < -0.39 is 0 Å². The number of thioether (sulfide) groups is 1. The third-order valence-corrected chi connectivity index (χ3v) is 2.80. The minimum Gasteiger partial charge on any atom is -0.466 e. The zero-order valence-corrected chi connectivity index (χ0v) is 8.31. The number of carbonyl (C=O) groups is 2. The molecule has 0 amide bonds. The largest absolute Gasteiger partial charge is 0.466 e. The molecule has 0 aromatic carbocycles. The standard InChI is InChI=1S/C9H10O3S/c1-6(10)8-4-3-7(5-13-8)9(11)12-2/h3-4H,5H2,1-2H3. The Labute approximate surface area is 80.8 Å². The summed E-state index contributed by atoms with van der Waals surface area (Å²) < 4.78 is 4.55.